The van der Waals surface area contributed by atoms with E-state index < -0.39 is 0 Å². The van der Waals surface area contributed by atoms with Crippen LogP contribution in [0.25, 0.3) is 0 Å². The molecule has 5 heteroatoms. The van der Waals surface area contributed by atoms with Crippen LogP contribution in [0, 0.1) is 11.3 Å². The maximum absolute atomic E-state index is 9.54. The second-order valence-corrected chi connectivity index (χ2v) is 6.68. The lowest BCUT2D eigenvalue weighted by Gasteiger charge is -2.23. The molecule has 1 atom stereocenters. The van der Waals surface area contributed by atoms with Gasteiger partial charge in [0.05, 0.1) is 24.8 Å². The molecule has 1 aliphatic rings. The van der Waals surface area contributed by atoms with Gasteiger partial charge in [-0.05, 0) is 49.3 Å². The third kappa shape index (κ3) is 4.61. The summed E-state index contributed by atoms with van der Waals surface area (Å²) in [5.41, 5.74) is 1.04. The largest absolute Gasteiger partial charge is 0.468 e. The summed E-state index contributed by atoms with van der Waals surface area (Å²) < 4.78 is 5.44. The summed E-state index contributed by atoms with van der Waals surface area (Å²) in [6.45, 7) is 5.70. The number of halogens is 1. The number of furan rings is 1. The van der Waals surface area contributed by atoms with E-state index in [1.54, 1.807) is 6.26 Å². The van der Waals surface area contributed by atoms with Crippen molar-refractivity contribution in [3.63, 3.8) is 0 Å². The van der Waals surface area contributed by atoms with E-state index >= 15 is 0 Å². The molecule has 0 spiro atoms. The third-order valence-electron chi connectivity index (χ3n) is 4.51. The van der Waals surface area contributed by atoms with Gasteiger partial charge < -0.3 is 9.32 Å². The van der Waals surface area contributed by atoms with Gasteiger partial charge in [-0.25, -0.2) is 0 Å². The van der Waals surface area contributed by atoms with Crippen LogP contribution in [0.5, 0.6) is 0 Å². The van der Waals surface area contributed by atoms with Crippen LogP contribution in [0.4, 0.5) is 0 Å². The minimum absolute atomic E-state index is 0.112. The van der Waals surface area contributed by atoms with Gasteiger partial charge in [0.15, 0.2) is 0 Å². The van der Waals surface area contributed by atoms with E-state index in [0.717, 1.165) is 57.0 Å². The summed E-state index contributed by atoms with van der Waals surface area (Å²) >= 11 is 5.94. The number of hydrogen-bond acceptors (Lipinski definition) is 4. The Labute approximate surface area is 148 Å². The molecule has 1 aromatic carbocycles. The average molecular weight is 344 g/mol. The lowest BCUT2D eigenvalue weighted by molar-refractivity contribution is 0.236. The van der Waals surface area contributed by atoms with Gasteiger partial charge in [0.2, 0.25) is 0 Å². The van der Waals surface area contributed by atoms with Crippen molar-refractivity contribution in [2.45, 2.75) is 18.9 Å². The Morgan fingerprint density at radius 1 is 1.08 bits per heavy atom. The first-order valence-corrected chi connectivity index (χ1v) is 8.74. The summed E-state index contributed by atoms with van der Waals surface area (Å²) in [7, 11) is 0. The van der Waals surface area contributed by atoms with Gasteiger partial charge in [-0.15, -0.1) is 0 Å². The highest BCUT2D eigenvalue weighted by atomic mass is 35.5. The standard InChI is InChI=1S/C19H22ClN3O/c20-18-6-4-16(5-7-18)17(13-21)14-22-8-2-9-23(11-10-22)15-19-3-1-12-24-19/h1,3-7,12,17H,2,8-11,14-15H2. The summed E-state index contributed by atoms with van der Waals surface area (Å²) in [5.74, 6) is 0.901. The van der Waals surface area contributed by atoms with Crippen LogP contribution < -0.4 is 0 Å². The van der Waals surface area contributed by atoms with E-state index in [1.807, 2.05) is 36.4 Å². The molecule has 24 heavy (non-hydrogen) atoms. The van der Waals surface area contributed by atoms with Gasteiger partial charge in [0, 0.05) is 24.7 Å². The predicted molar refractivity (Wildman–Crippen MR) is 94.8 cm³/mol. The highest BCUT2D eigenvalue weighted by Gasteiger charge is 2.20. The number of nitriles is 1. The van der Waals surface area contributed by atoms with E-state index in [2.05, 4.69) is 15.9 Å². The highest BCUT2D eigenvalue weighted by Crippen LogP contribution is 2.20. The Kier molecular flexibility index (Phi) is 5.92. The average Bonchev–Trinajstić information content (AvgIpc) is 3.00. The molecule has 1 aromatic heterocycles. The minimum atomic E-state index is -0.112. The smallest absolute Gasteiger partial charge is 0.117 e. The van der Waals surface area contributed by atoms with Crippen molar-refractivity contribution in [1.82, 2.24) is 9.80 Å². The first kappa shape index (κ1) is 17.0. The Balaban J connectivity index is 1.55. The molecule has 1 unspecified atom stereocenters. The number of rotatable bonds is 5. The minimum Gasteiger partial charge on any atom is -0.468 e. The molecule has 0 saturated carbocycles. The van der Waals surface area contributed by atoms with E-state index in [4.69, 9.17) is 16.0 Å². The molecule has 126 valence electrons. The lowest BCUT2D eigenvalue weighted by Crippen LogP contribution is -2.33. The zero-order chi connectivity index (χ0) is 16.8. The fourth-order valence-electron chi connectivity index (χ4n) is 3.16. The van der Waals surface area contributed by atoms with Gasteiger partial charge >= 0.3 is 0 Å². The molecule has 4 nitrogen and oxygen atoms in total. The number of benzene rings is 1. The van der Waals surface area contributed by atoms with Crippen LogP contribution in [0.3, 0.4) is 0 Å². The van der Waals surface area contributed by atoms with E-state index in [-0.39, 0.29) is 5.92 Å². The van der Waals surface area contributed by atoms with E-state index in [0.29, 0.717) is 5.02 Å². The van der Waals surface area contributed by atoms with Crippen molar-refractivity contribution in [2.75, 3.05) is 32.7 Å². The summed E-state index contributed by atoms with van der Waals surface area (Å²) in [4.78, 5) is 4.81. The van der Waals surface area contributed by atoms with Gasteiger partial charge in [-0.1, -0.05) is 23.7 Å². The van der Waals surface area contributed by atoms with Crippen LogP contribution >= 0.6 is 11.6 Å². The molecule has 2 heterocycles. The zero-order valence-electron chi connectivity index (χ0n) is 13.7. The molecule has 0 N–H and O–H groups in total. The first-order valence-electron chi connectivity index (χ1n) is 8.37. The predicted octanol–water partition coefficient (Wildman–Crippen LogP) is 3.75. The quantitative estimate of drug-likeness (QED) is 0.829. The second-order valence-electron chi connectivity index (χ2n) is 6.24. The fraction of sp³-hybridized carbons (Fsp3) is 0.421. The molecular formula is C19H22ClN3O. The van der Waals surface area contributed by atoms with Gasteiger partial charge in [-0.3, -0.25) is 4.90 Å². The van der Waals surface area contributed by atoms with Crippen LogP contribution in [-0.2, 0) is 6.54 Å². The van der Waals surface area contributed by atoms with Crippen LogP contribution in [0.2, 0.25) is 5.02 Å². The SMILES string of the molecule is N#CC(CN1CCCN(Cc2ccco2)CC1)c1ccc(Cl)cc1. The molecule has 1 aliphatic heterocycles. The molecule has 0 amide bonds. The fourth-order valence-corrected chi connectivity index (χ4v) is 3.29. The molecule has 0 radical (unpaired) electrons. The normalized spacial score (nSPS) is 18.0. The summed E-state index contributed by atoms with van der Waals surface area (Å²) in [5, 5.41) is 10.2. The van der Waals surface area contributed by atoms with E-state index in [9.17, 15) is 5.26 Å². The number of hydrogen-bond donors (Lipinski definition) is 0. The van der Waals surface area contributed by atoms with Crippen molar-refractivity contribution < 1.29 is 4.42 Å². The highest BCUT2D eigenvalue weighted by molar-refractivity contribution is 6.30. The zero-order valence-corrected chi connectivity index (χ0v) is 14.5. The maximum atomic E-state index is 9.54. The van der Waals surface area contributed by atoms with Crippen molar-refractivity contribution in [2.24, 2.45) is 0 Å². The van der Waals surface area contributed by atoms with Crippen LogP contribution in [0.1, 0.15) is 23.7 Å². The van der Waals surface area contributed by atoms with Gasteiger partial charge in [-0.2, -0.15) is 5.26 Å². The molecule has 2 aromatic rings. The number of nitrogens with zero attached hydrogens (tertiary/aromatic N) is 3. The van der Waals surface area contributed by atoms with Crippen LogP contribution in [-0.4, -0.2) is 42.5 Å². The topological polar surface area (TPSA) is 43.4 Å². The Morgan fingerprint density at radius 2 is 1.83 bits per heavy atom. The second kappa shape index (κ2) is 8.34. The first-order chi connectivity index (χ1) is 11.7. The molecule has 1 fully saturated rings. The Bertz CT molecular complexity index is 663. The monoisotopic (exact) mass is 343 g/mol. The van der Waals surface area contributed by atoms with E-state index in [1.165, 1.54) is 0 Å². The Hall–Kier alpha value is -1.80. The summed E-state index contributed by atoms with van der Waals surface area (Å²) in [6, 6.07) is 14.0. The Morgan fingerprint density at radius 3 is 2.54 bits per heavy atom. The molecule has 0 bridgehead atoms. The lowest BCUT2D eigenvalue weighted by atomic mass is 10.00. The van der Waals surface area contributed by atoms with Crippen molar-refractivity contribution in [3.05, 3.63) is 59.0 Å². The van der Waals surface area contributed by atoms with Crippen molar-refractivity contribution >= 4 is 11.6 Å². The van der Waals surface area contributed by atoms with Crippen molar-refractivity contribution in [3.8, 4) is 6.07 Å². The van der Waals surface area contributed by atoms with Gasteiger partial charge in [0.1, 0.15) is 5.76 Å². The third-order valence-corrected chi connectivity index (χ3v) is 4.76. The molecule has 0 aliphatic carbocycles. The molecule has 1 saturated heterocycles. The van der Waals surface area contributed by atoms with Crippen LogP contribution in [0.15, 0.2) is 47.1 Å². The van der Waals surface area contributed by atoms with Gasteiger partial charge in [0.25, 0.3) is 0 Å². The van der Waals surface area contributed by atoms with Crippen molar-refractivity contribution in [1.29, 1.82) is 5.26 Å². The molecular weight excluding hydrogens is 322 g/mol. The molecule has 3 rings (SSSR count). The maximum Gasteiger partial charge on any atom is 0.117 e. The summed E-state index contributed by atoms with van der Waals surface area (Å²) in [6.07, 6.45) is 2.84.